The van der Waals surface area contributed by atoms with E-state index in [0.717, 1.165) is 84.4 Å². The average molecular weight is 897 g/mol. The fourth-order valence-corrected chi connectivity index (χ4v) is 10.5. The van der Waals surface area contributed by atoms with Crippen molar-refractivity contribution in [3.05, 3.63) is 108 Å². The van der Waals surface area contributed by atoms with Crippen molar-refractivity contribution in [1.29, 1.82) is 0 Å². The summed E-state index contributed by atoms with van der Waals surface area (Å²) in [4.78, 5) is 74.1. The number of imidazole rings is 2. The minimum Gasteiger partial charge on any atom is -0.453 e. The normalized spacial score (nSPS) is 25.0. The summed E-state index contributed by atoms with van der Waals surface area (Å²) in [6.45, 7) is 6.15. The molecule has 0 spiro atoms. The van der Waals surface area contributed by atoms with Crippen LogP contribution in [0.1, 0.15) is 107 Å². The van der Waals surface area contributed by atoms with Gasteiger partial charge in [0.05, 0.1) is 62.3 Å². The number of hydrogen-bond donors (Lipinski definition) is 4. The Labute approximate surface area is 385 Å². The Kier molecular flexibility index (Phi) is 13.0. The molecule has 1 aliphatic carbocycles. The Hall–Kier alpha value is -6.48. The van der Waals surface area contributed by atoms with Crippen LogP contribution in [-0.4, -0.2) is 98.3 Å². The van der Waals surface area contributed by atoms with Gasteiger partial charge >= 0.3 is 12.2 Å². The van der Waals surface area contributed by atoms with E-state index in [1.165, 1.54) is 14.2 Å². The lowest BCUT2D eigenvalue weighted by Crippen LogP contribution is -2.55. The van der Waals surface area contributed by atoms with Crippen LogP contribution in [0.15, 0.2) is 91.3 Å². The van der Waals surface area contributed by atoms with Crippen LogP contribution >= 0.6 is 0 Å². The number of likely N-dealkylation sites (tertiary alicyclic amines) is 2. The number of rotatable bonds is 12. The molecular weight excluding hydrogens is 837 g/mol. The van der Waals surface area contributed by atoms with Gasteiger partial charge in [-0.3, -0.25) is 9.59 Å². The van der Waals surface area contributed by atoms with Crippen molar-refractivity contribution in [2.75, 3.05) is 14.2 Å². The first kappa shape index (κ1) is 44.7. The molecule has 4 amide bonds. The standard InChI is InChI=1S/C51H60N8O7/c1-29-11-23-41(58(29)48(60)44(56-50(62)64-4)37-9-7-6-8-10-37)46-52-27-39(54-46)34-17-13-32(14-18-34)33-15-19-35(20-16-33)40-28-53-47(55-40)42-24-12-30(2)59(42)49(61)45(57-51(63)65-5)38-25-31(3)66-43(26-38)36-21-22-36/h6-10,13-20,27-31,36,38,41-45H,11-12,21-26H2,1-5H3,(H,52,54)(H,53,55)(H,56,62)(H,57,63). The summed E-state index contributed by atoms with van der Waals surface area (Å²) in [5.41, 5.74) is 6.41. The number of aromatic nitrogens is 4. The molecule has 0 radical (unpaired) electrons. The SMILES string of the molecule is COC(=O)NC(C(=O)N1C(C)CCC1c1ncc(-c2ccc(-c3ccc(-c4cnc(C5CCC(C)N5C(=O)C(NC(=O)OC)C5CC(C)OC(C6CC6)C5)[nH]4)cc3)cc2)[nH]1)c1ccccc1. The Morgan fingerprint density at radius 1 is 0.636 bits per heavy atom. The molecule has 66 heavy (non-hydrogen) atoms. The van der Waals surface area contributed by atoms with Crippen LogP contribution in [0.4, 0.5) is 9.59 Å². The highest BCUT2D eigenvalue weighted by Gasteiger charge is 2.47. The smallest absolute Gasteiger partial charge is 0.407 e. The molecule has 3 aromatic carbocycles. The van der Waals surface area contributed by atoms with Crippen LogP contribution in [0.2, 0.25) is 0 Å². The highest BCUT2D eigenvalue weighted by molar-refractivity contribution is 5.88. The molecule has 4 N–H and O–H groups in total. The predicted octanol–water partition coefficient (Wildman–Crippen LogP) is 8.65. The second-order valence-corrected chi connectivity index (χ2v) is 18.5. The molecule has 2 aromatic heterocycles. The predicted molar refractivity (Wildman–Crippen MR) is 247 cm³/mol. The van der Waals surface area contributed by atoms with Crippen LogP contribution in [-0.2, 0) is 23.8 Å². The number of carbonyl (C=O) groups excluding carboxylic acids is 4. The second kappa shape index (κ2) is 19.2. The van der Waals surface area contributed by atoms with E-state index < -0.39 is 24.3 Å². The first-order chi connectivity index (χ1) is 32.0. The lowest BCUT2D eigenvalue weighted by molar-refractivity contribution is -0.141. The molecule has 9 rings (SSSR count). The highest BCUT2D eigenvalue weighted by atomic mass is 16.5. The van der Waals surface area contributed by atoms with Gasteiger partial charge in [0.15, 0.2) is 0 Å². The molecule has 3 saturated heterocycles. The quantitative estimate of drug-likeness (QED) is 0.0952. The maximum Gasteiger partial charge on any atom is 0.407 e. The van der Waals surface area contributed by atoms with Crippen molar-refractivity contribution in [2.24, 2.45) is 11.8 Å². The van der Waals surface area contributed by atoms with Gasteiger partial charge in [0, 0.05) is 12.1 Å². The molecule has 5 aromatic rings. The van der Waals surface area contributed by atoms with E-state index >= 15 is 0 Å². The summed E-state index contributed by atoms with van der Waals surface area (Å²) in [6, 6.07) is 23.6. The number of nitrogens with zero attached hydrogens (tertiary/aromatic N) is 4. The van der Waals surface area contributed by atoms with Crippen molar-refractivity contribution in [2.45, 2.75) is 121 Å². The largest absolute Gasteiger partial charge is 0.453 e. The number of methoxy groups -OCH3 is 2. The first-order valence-electron chi connectivity index (χ1n) is 23.3. The molecule has 3 aliphatic heterocycles. The number of amides is 4. The fourth-order valence-electron chi connectivity index (χ4n) is 10.5. The molecule has 9 unspecified atom stereocenters. The number of carbonyl (C=O) groups is 4. The topological polar surface area (TPSA) is 184 Å². The maximum absolute atomic E-state index is 14.6. The Balaban J connectivity index is 0.867. The Morgan fingerprint density at radius 3 is 1.65 bits per heavy atom. The van der Waals surface area contributed by atoms with Crippen LogP contribution in [0.5, 0.6) is 0 Å². The molecule has 4 aliphatic rings. The second-order valence-electron chi connectivity index (χ2n) is 18.5. The molecule has 4 fully saturated rings. The number of aromatic amines is 2. The van der Waals surface area contributed by atoms with Gasteiger partial charge in [0.25, 0.3) is 5.91 Å². The lowest BCUT2D eigenvalue weighted by atomic mass is 9.83. The summed E-state index contributed by atoms with van der Waals surface area (Å²) in [5, 5.41) is 5.67. The fraction of sp³-hybridized carbons (Fsp3) is 0.451. The summed E-state index contributed by atoms with van der Waals surface area (Å²) < 4.78 is 16.2. The van der Waals surface area contributed by atoms with E-state index in [2.05, 4.69) is 83.0 Å². The van der Waals surface area contributed by atoms with Gasteiger partial charge in [0.1, 0.15) is 23.7 Å². The van der Waals surface area contributed by atoms with E-state index in [9.17, 15) is 19.2 Å². The van der Waals surface area contributed by atoms with E-state index in [0.29, 0.717) is 23.7 Å². The number of nitrogens with one attached hydrogen (secondary N) is 4. The zero-order valence-corrected chi connectivity index (χ0v) is 38.2. The van der Waals surface area contributed by atoms with Crippen LogP contribution in [0.25, 0.3) is 33.6 Å². The maximum atomic E-state index is 14.6. The first-order valence-corrected chi connectivity index (χ1v) is 23.3. The highest BCUT2D eigenvalue weighted by Crippen LogP contribution is 2.44. The Morgan fingerprint density at radius 2 is 1.14 bits per heavy atom. The van der Waals surface area contributed by atoms with Gasteiger partial charge in [-0.1, -0.05) is 78.9 Å². The van der Waals surface area contributed by atoms with Crippen molar-refractivity contribution in [3.8, 4) is 33.6 Å². The van der Waals surface area contributed by atoms with Gasteiger partial charge in [0.2, 0.25) is 5.91 Å². The summed E-state index contributed by atoms with van der Waals surface area (Å²) in [6.07, 6.45) is 9.31. The molecule has 9 atom stereocenters. The third-order valence-electron chi connectivity index (χ3n) is 14.1. The summed E-state index contributed by atoms with van der Waals surface area (Å²) >= 11 is 0. The minimum absolute atomic E-state index is 0.00397. The number of hydrogen-bond acceptors (Lipinski definition) is 9. The van der Waals surface area contributed by atoms with Crippen molar-refractivity contribution < 1.29 is 33.4 Å². The van der Waals surface area contributed by atoms with Crippen molar-refractivity contribution in [3.63, 3.8) is 0 Å². The third kappa shape index (κ3) is 9.31. The molecule has 346 valence electrons. The molecule has 15 heteroatoms. The molecule has 5 heterocycles. The van der Waals surface area contributed by atoms with Crippen molar-refractivity contribution in [1.82, 2.24) is 40.4 Å². The average Bonchev–Trinajstić information content (AvgIpc) is 3.63. The van der Waals surface area contributed by atoms with E-state index in [1.807, 2.05) is 53.3 Å². The summed E-state index contributed by atoms with van der Waals surface area (Å²) in [7, 11) is 2.62. The van der Waals surface area contributed by atoms with E-state index in [4.69, 9.17) is 24.2 Å². The van der Waals surface area contributed by atoms with E-state index in [1.54, 1.807) is 6.20 Å². The lowest BCUT2D eigenvalue weighted by Gasteiger charge is -2.40. The van der Waals surface area contributed by atoms with Gasteiger partial charge in [-0.15, -0.1) is 0 Å². The van der Waals surface area contributed by atoms with Gasteiger partial charge < -0.3 is 44.6 Å². The zero-order valence-electron chi connectivity index (χ0n) is 38.2. The van der Waals surface area contributed by atoms with Crippen LogP contribution < -0.4 is 10.6 Å². The number of alkyl carbamates (subject to hydrolysis) is 2. The minimum atomic E-state index is -0.900. The van der Waals surface area contributed by atoms with Gasteiger partial charge in [-0.2, -0.15) is 0 Å². The van der Waals surface area contributed by atoms with Crippen molar-refractivity contribution >= 4 is 24.0 Å². The van der Waals surface area contributed by atoms with Crippen LogP contribution in [0.3, 0.4) is 0 Å². The number of ether oxygens (including phenoxy) is 3. The molecular formula is C51H60N8O7. The monoisotopic (exact) mass is 896 g/mol. The van der Waals surface area contributed by atoms with Crippen LogP contribution in [0, 0.1) is 11.8 Å². The molecule has 1 saturated carbocycles. The Bertz CT molecular complexity index is 2500. The van der Waals surface area contributed by atoms with E-state index in [-0.39, 0.29) is 54.1 Å². The molecule has 0 bridgehead atoms. The molecule has 15 nitrogen and oxygen atoms in total. The van der Waals surface area contributed by atoms with Gasteiger partial charge in [-0.05, 0) is 112 Å². The van der Waals surface area contributed by atoms with Gasteiger partial charge in [-0.25, -0.2) is 19.6 Å². The number of benzene rings is 3. The third-order valence-corrected chi connectivity index (χ3v) is 14.1. The summed E-state index contributed by atoms with van der Waals surface area (Å²) in [5.74, 6) is 1.58. The number of H-pyrrole nitrogens is 2. The zero-order chi connectivity index (χ0) is 46.1.